The van der Waals surface area contributed by atoms with Crippen molar-refractivity contribution in [1.29, 1.82) is 0 Å². The van der Waals surface area contributed by atoms with E-state index in [1.807, 2.05) is 13.8 Å². The number of nitrogens with zero attached hydrogens (tertiary/aromatic N) is 5. The van der Waals surface area contributed by atoms with Gasteiger partial charge in [-0.3, -0.25) is 29.1 Å². The fraction of sp³-hybridized carbons (Fsp3) is 0.467. The van der Waals surface area contributed by atoms with Gasteiger partial charge in [0.05, 0.1) is 16.8 Å². The molecule has 0 aromatic carbocycles. The van der Waals surface area contributed by atoms with E-state index in [1.165, 1.54) is 21.8 Å². The van der Waals surface area contributed by atoms with E-state index in [9.17, 15) is 19.7 Å². The third-order valence-corrected chi connectivity index (χ3v) is 3.50. The van der Waals surface area contributed by atoms with E-state index in [4.69, 9.17) is 0 Å². The number of aryl methyl sites for hydroxylation is 2. The van der Waals surface area contributed by atoms with Crippen LogP contribution in [0.15, 0.2) is 18.6 Å². The number of hydrogen-bond donors (Lipinski definition) is 2. The van der Waals surface area contributed by atoms with Crippen LogP contribution >= 0.6 is 0 Å². The van der Waals surface area contributed by atoms with Crippen LogP contribution in [0.2, 0.25) is 0 Å². The standard InChI is InChI=1S/C15H21N7O4/c1-10(2)6-16-15(24)14-12(8-17-20(14)3)19-13(23)4-5-21-9-11(7-18-21)22(25)26/h7-10H,4-6H2,1-3H3,(H,16,24)(H,19,23). The van der Waals surface area contributed by atoms with Crippen molar-refractivity contribution in [2.75, 3.05) is 11.9 Å². The Morgan fingerprint density at radius 1 is 1.31 bits per heavy atom. The molecule has 2 aromatic heterocycles. The zero-order chi connectivity index (χ0) is 19.3. The molecule has 2 aromatic rings. The van der Waals surface area contributed by atoms with Gasteiger partial charge in [-0.1, -0.05) is 13.8 Å². The highest BCUT2D eigenvalue weighted by molar-refractivity contribution is 6.02. The van der Waals surface area contributed by atoms with Gasteiger partial charge in [0.25, 0.3) is 5.91 Å². The van der Waals surface area contributed by atoms with Gasteiger partial charge in [-0.05, 0) is 5.92 Å². The third kappa shape index (κ3) is 4.88. The van der Waals surface area contributed by atoms with Gasteiger partial charge < -0.3 is 10.6 Å². The Hall–Kier alpha value is -3.24. The van der Waals surface area contributed by atoms with Gasteiger partial charge in [0.15, 0.2) is 0 Å². The Kier molecular flexibility index (Phi) is 6.04. The van der Waals surface area contributed by atoms with Gasteiger partial charge in [0.2, 0.25) is 5.91 Å². The predicted octanol–water partition coefficient (Wildman–Crippen LogP) is 0.939. The first kappa shape index (κ1) is 19.1. The van der Waals surface area contributed by atoms with Gasteiger partial charge in [0.1, 0.15) is 18.1 Å². The van der Waals surface area contributed by atoms with Gasteiger partial charge in [-0.25, -0.2) is 0 Å². The fourth-order valence-electron chi connectivity index (χ4n) is 2.18. The lowest BCUT2D eigenvalue weighted by molar-refractivity contribution is -0.385. The average molecular weight is 363 g/mol. The van der Waals surface area contributed by atoms with E-state index in [0.29, 0.717) is 18.2 Å². The van der Waals surface area contributed by atoms with Crippen LogP contribution in [-0.4, -0.2) is 42.8 Å². The Morgan fingerprint density at radius 2 is 2.04 bits per heavy atom. The summed E-state index contributed by atoms with van der Waals surface area (Å²) in [7, 11) is 1.61. The molecule has 11 heteroatoms. The summed E-state index contributed by atoms with van der Waals surface area (Å²) in [6.45, 7) is 4.64. The third-order valence-electron chi connectivity index (χ3n) is 3.50. The molecule has 0 aliphatic rings. The Morgan fingerprint density at radius 3 is 2.65 bits per heavy atom. The summed E-state index contributed by atoms with van der Waals surface area (Å²) < 4.78 is 2.71. The molecule has 0 saturated heterocycles. The van der Waals surface area contributed by atoms with E-state index in [0.717, 1.165) is 6.20 Å². The van der Waals surface area contributed by atoms with Crippen molar-refractivity contribution < 1.29 is 14.5 Å². The molecule has 0 bridgehead atoms. The van der Waals surface area contributed by atoms with Crippen molar-refractivity contribution in [3.63, 3.8) is 0 Å². The topological polar surface area (TPSA) is 137 Å². The summed E-state index contributed by atoms with van der Waals surface area (Å²) in [4.78, 5) is 34.5. The first-order chi connectivity index (χ1) is 12.3. The molecule has 2 heterocycles. The smallest absolute Gasteiger partial charge is 0.306 e. The SMILES string of the molecule is CC(C)CNC(=O)c1c(NC(=O)CCn2cc([N+](=O)[O-])cn2)cnn1C. The summed E-state index contributed by atoms with van der Waals surface area (Å²) >= 11 is 0. The molecule has 0 radical (unpaired) electrons. The minimum Gasteiger partial charge on any atom is -0.350 e. The van der Waals surface area contributed by atoms with Crippen LogP contribution in [0.3, 0.4) is 0 Å². The Labute approximate surface area is 149 Å². The fourth-order valence-corrected chi connectivity index (χ4v) is 2.18. The molecular weight excluding hydrogens is 342 g/mol. The maximum absolute atomic E-state index is 12.3. The van der Waals surface area contributed by atoms with E-state index >= 15 is 0 Å². The highest BCUT2D eigenvalue weighted by atomic mass is 16.6. The van der Waals surface area contributed by atoms with Crippen LogP contribution in [0.5, 0.6) is 0 Å². The Bertz CT molecular complexity index is 809. The molecule has 2 rings (SSSR count). The largest absolute Gasteiger partial charge is 0.350 e. The van der Waals surface area contributed by atoms with Crippen LogP contribution < -0.4 is 10.6 Å². The summed E-state index contributed by atoms with van der Waals surface area (Å²) in [5, 5.41) is 23.9. The molecule has 140 valence electrons. The van der Waals surface area contributed by atoms with E-state index in [1.54, 1.807) is 7.05 Å². The number of nitro groups is 1. The highest BCUT2D eigenvalue weighted by Crippen LogP contribution is 2.15. The summed E-state index contributed by atoms with van der Waals surface area (Å²) in [5.74, 6) is -0.380. The first-order valence-electron chi connectivity index (χ1n) is 8.04. The molecule has 0 aliphatic carbocycles. The van der Waals surface area contributed by atoms with Gasteiger partial charge >= 0.3 is 5.69 Å². The van der Waals surface area contributed by atoms with Crippen molar-refractivity contribution >= 4 is 23.2 Å². The lowest BCUT2D eigenvalue weighted by atomic mass is 10.2. The number of nitrogens with one attached hydrogen (secondary N) is 2. The molecule has 11 nitrogen and oxygen atoms in total. The van der Waals surface area contributed by atoms with Crippen LogP contribution in [0.4, 0.5) is 11.4 Å². The van der Waals surface area contributed by atoms with Gasteiger partial charge in [-0.15, -0.1) is 0 Å². The lowest BCUT2D eigenvalue weighted by Crippen LogP contribution is -2.30. The van der Waals surface area contributed by atoms with Crippen LogP contribution in [0.1, 0.15) is 30.8 Å². The normalized spacial score (nSPS) is 10.8. The predicted molar refractivity (Wildman–Crippen MR) is 92.5 cm³/mol. The molecule has 2 amide bonds. The van der Waals surface area contributed by atoms with Crippen LogP contribution in [-0.2, 0) is 18.4 Å². The second-order valence-electron chi connectivity index (χ2n) is 6.15. The summed E-state index contributed by atoms with van der Waals surface area (Å²) in [6.07, 6.45) is 3.82. The number of anilines is 1. The van der Waals surface area contributed by atoms with Crippen LogP contribution in [0.25, 0.3) is 0 Å². The first-order valence-corrected chi connectivity index (χ1v) is 8.04. The second kappa shape index (κ2) is 8.23. The number of aromatic nitrogens is 4. The second-order valence-corrected chi connectivity index (χ2v) is 6.15. The number of hydrogen-bond acceptors (Lipinski definition) is 6. The minimum atomic E-state index is -0.554. The molecule has 0 saturated carbocycles. The molecule has 0 spiro atoms. The highest BCUT2D eigenvalue weighted by Gasteiger charge is 2.19. The van der Waals surface area contributed by atoms with Crippen molar-refractivity contribution in [3.8, 4) is 0 Å². The number of carbonyl (C=O) groups is 2. The molecular formula is C15H21N7O4. The molecule has 0 atom stereocenters. The minimum absolute atomic E-state index is 0.0424. The van der Waals surface area contributed by atoms with E-state index in [2.05, 4.69) is 20.8 Å². The number of carbonyl (C=O) groups excluding carboxylic acids is 2. The monoisotopic (exact) mass is 363 g/mol. The molecule has 0 unspecified atom stereocenters. The Balaban J connectivity index is 1.96. The lowest BCUT2D eigenvalue weighted by Gasteiger charge is -2.10. The van der Waals surface area contributed by atoms with Crippen LogP contribution in [0, 0.1) is 16.0 Å². The van der Waals surface area contributed by atoms with Gasteiger partial charge in [-0.2, -0.15) is 10.2 Å². The number of rotatable bonds is 8. The van der Waals surface area contributed by atoms with Crippen molar-refractivity contribution in [2.24, 2.45) is 13.0 Å². The van der Waals surface area contributed by atoms with Crippen molar-refractivity contribution in [1.82, 2.24) is 24.9 Å². The number of amides is 2. The van der Waals surface area contributed by atoms with Crippen molar-refractivity contribution in [2.45, 2.75) is 26.8 Å². The van der Waals surface area contributed by atoms with Crippen molar-refractivity contribution in [3.05, 3.63) is 34.4 Å². The van der Waals surface area contributed by atoms with Gasteiger partial charge in [0, 0.05) is 26.6 Å². The maximum Gasteiger partial charge on any atom is 0.306 e. The molecule has 0 aliphatic heterocycles. The summed E-state index contributed by atoms with van der Waals surface area (Å²) in [6, 6.07) is 0. The summed E-state index contributed by atoms with van der Waals surface area (Å²) in [5.41, 5.74) is 0.431. The maximum atomic E-state index is 12.3. The zero-order valence-electron chi connectivity index (χ0n) is 14.8. The average Bonchev–Trinajstić information content (AvgIpc) is 3.18. The van der Waals surface area contributed by atoms with E-state index < -0.39 is 4.92 Å². The van der Waals surface area contributed by atoms with E-state index in [-0.39, 0.29) is 36.2 Å². The molecule has 26 heavy (non-hydrogen) atoms. The molecule has 2 N–H and O–H groups in total. The quantitative estimate of drug-likeness (QED) is 0.529. The zero-order valence-corrected chi connectivity index (χ0v) is 14.8. The molecule has 0 fully saturated rings.